The Morgan fingerprint density at radius 2 is 1.81 bits per heavy atom. The first-order chi connectivity index (χ1) is 12.5. The van der Waals surface area contributed by atoms with Crippen LogP contribution in [0.5, 0.6) is 0 Å². The lowest BCUT2D eigenvalue weighted by atomic mass is 10.2. The van der Waals surface area contributed by atoms with Gasteiger partial charge >= 0.3 is 6.03 Å². The van der Waals surface area contributed by atoms with Crippen LogP contribution in [0.4, 0.5) is 10.5 Å². The van der Waals surface area contributed by atoms with Crippen molar-refractivity contribution in [3.05, 3.63) is 59.1 Å². The molecule has 1 heterocycles. The van der Waals surface area contributed by atoms with Crippen LogP contribution in [-0.2, 0) is 10.0 Å². The number of sulfonamides is 1. The molecule has 6 nitrogen and oxygen atoms in total. The van der Waals surface area contributed by atoms with Crippen LogP contribution in [0, 0.1) is 11.8 Å². The Morgan fingerprint density at radius 3 is 2.42 bits per heavy atom. The highest BCUT2D eigenvalue weighted by atomic mass is 35.5. The number of halogens is 1. The minimum atomic E-state index is -3.62. The van der Waals surface area contributed by atoms with Crippen molar-refractivity contribution in [1.29, 1.82) is 0 Å². The van der Waals surface area contributed by atoms with E-state index >= 15 is 0 Å². The van der Waals surface area contributed by atoms with Gasteiger partial charge in [0, 0.05) is 29.4 Å². The van der Waals surface area contributed by atoms with E-state index < -0.39 is 10.0 Å². The number of nitrogens with one attached hydrogen (secondary N) is 2. The number of benzene rings is 2. The van der Waals surface area contributed by atoms with E-state index in [9.17, 15) is 13.2 Å². The lowest BCUT2D eigenvalue weighted by Crippen LogP contribution is -2.27. The van der Waals surface area contributed by atoms with Gasteiger partial charge in [0.25, 0.3) is 0 Å². The van der Waals surface area contributed by atoms with Crippen LogP contribution in [-0.4, -0.2) is 34.1 Å². The van der Waals surface area contributed by atoms with Gasteiger partial charge in [-0.05, 0) is 48.5 Å². The van der Waals surface area contributed by atoms with Gasteiger partial charge < -0.3 is 5.32 Å². The standard InChI is InChI=1S/C18H16ClN3O3S/c19-15-5-9-17(10-6-15)26(24,25)21-11-1-2-14-3-7-16(8-4-14)22-13-12-20-18(22)23/h3-10,21H,11-13H2,(H,20,23). The van der Waals surface area contributed by atoms with E-state index in [-0.39, 0.29) is 17.5 Å². The van der Waals surface area contributed by atoms with Crippen LogP contribution >= 0.6 is 11.6 Å². The molecule has 26 heavy (non-hydrogen) atoms. The van der Waals surface area contributed by atoms with E-state index in [1.165, 1.54) is 24.3 Å². The first kappa shape index (κ1) is 18.3. The summed E-state index contributed by atoms with van der Waals surface area (Å²) in [5, 5.41) is 3.21. The SMILES string of the molecule is O=C1NCCN1c1ccc(C#CCNS(=O)(=O)c2ccc(Cl)cc2)cc1. The fraction of sp³-hybridized carbons (Fsp3) is 0.167. The van der Waals surface area contributed by atoms with E-state index in [0.29, 0.717) is 18.1 Å². The monoisotopic (exact) mass is 389 g/mol. The zero-order valence-corrected chi connectivity index (χ0v) is 15.3. The smallest absolute Gasteiger partial charge is 0.321 e. The highest BCUT2D eigenvalue weighted by molar-refractivity contribution is 7.89. The van der Waals surface area contributed by atoms with Gasteiger partial charge in [-0.2, -0.15) is 4.72 Å². The number of carbonyl (C=O) groups is 1. The topological polar surface area (TPSA) is 78.5 Å². The normalized spacial score (nSPS) is 13.9. The van der Waals surface area contributed by atoms with Gasteiger partial charge in [0.15, 0.2) is 0 Å². The van der Waals surface area contributed by atoms with Gasteiger partial charge in [0.2, 0.25) is 10.0 Å². The molecule has 0 saturated carbocycles. The lowest BCUT2D eigenvalue weighted by Gasteiger charge is -2.13. The quantitative estimate of drug-likeness (QED) is 0.787. The van der Waals surface area contributed by atoms with Crippen molar-refractivity contribution in [1.82, 2.24) is 10.0 Å². The zero-order valence-electron chi connectivity index (χ0n) is 13.7. The molecule has 0 unspecified atom stereocenters. The van der Waals surface area contributed by atoms with Crippen molar-refractivity contribution >= 4 is 33.3 Å². The Hall–Kier alpha value is -2.53. The summed E-state index contributed by atoms with van der Waals surface area (Å²) in [5.74, 6) is 5.67. The molecule has 2 aromatic carbocycles. The summed E-state index contributed by atoms with van der Waals surface area (Å²) in [4.78, 5) is 13.4. The third kappa shape index (κ3) is 4.35. The minimum absolute atomic E-state index is 0.0127. The summed E-state index contributed by atoms with van der Waals surface area (Å²) in [6.45, 7) is 1.26. The van der Waals surface area contributed by atoms with Crippen molar-refractivity contribution in [2.24, 2.45) is 0 Å². The molecule has 0 aromatic heterocycles. The fourth-order valence-electron chi connectivity index (χ4n) is 2.42. The molecule has 2 amide bonds. The Balaban J connectivity index is 1.59. The van der Waals surface area contributed by atoms with Gasteiger partial charge in [-0.1, -0.05) is 23.4 Å². The molecule has 0 spiro atoms. The molecule has 0 atom stereocenters. The number of amides is 2. The maximum Gasteiger partial charge on any atom is 0.321 e. The molecule has 134 valence electrons. The highest BCUT2D eigenvalue weighted by Gasteiger charge is 2.20. The van der Waals surface area contributed by atoms with Crippen LogP contribution in [0.15, 0.2) is 53.4 Å². The lowest BCUT2D eigenvalue weighted by molar-refractivity contribution is 0.252. The molecule has 2 N–H and O–H groups in total. The molecule has 0 radical (unpaired) electrons. The van der Waals surface area contributed by atoms with Gasteiger partial charge in [-0.3, -0.25) is 4.90 Å². The van der Waals surface area contributed by atoms with Crippen molar-refractivity contribution in [3.63, 3.8) is 0 Å². The van der Waals surface area contributed by atoms with Crippen LogP contribution in [0.2, 0.25) is 5.02 Å². The predicted molar refractivity (Wildman–Crippen MR) is 101 cm³/mol. The third-order valence-electron chi connectivity index (χ3n) is 3.74. The summed E-state index contributed by atoms with van der Waals surface area (Å²) < 4.78 is 26.6. The average Bonchev–Trinajstić information content (AvgIpc) is 3.06. The van der Waals surface area contributed by atoms with Gasteiger partial charge in [0.05, 0.1) is 11.4 Å². The third-order valence-corrected chi connectivity index (χ3v) is 5.41. The number of hydrogen-bond donors (Lipinski definition) is 2. The first-order valence-electron chi connectivity index (χ1n) is 7.85. The number of hydrogen-bond acceptors (Lipinski definition) is 3. The molecule has 1 aliphatic rings. The number of rotatable bonds is 4. The predicted octanol–water partition coefficient (Wildman–Crippen LogP) is 2.20. The number of anilines is 1. The second-order valence-corrected chi connectivity index (χ2v) is 7.71. The second kappa shape index (κ2) is 7.79. The largest absolute Gasteiger partial charge is 0.336 e. The summed E-state index contributed by atoms with van der Waals surface area (Å²) in [6, 6.07) is 13.0. The molecule has 3 rings (SSSR count). The van der Waals surface area contributed by atoms with E-state index in [1.54, 1.807) is 17.0 Å². The molecule has 8 heteroatoms. The highest BCUT2D eigenvalue weighted by Crippen LogP contribution is 2.17. The van der Waals surface area contributed by atoms with Crippen LogP contribution in [0.1, 0.15) is 5.56 Å². The molecule has 1 saturated heterocycles. The Morgan fingerprint density at radius 1 is 1.12 bits per heavy atom. The van der Waals surface area contributed by atoms with Gasteiger partial charge in [-0.25, -0.2) is 13.2 Å². The van der Waals surface area contributed by atoms with Crippen molar-refractivity contribution in [3.8, 4) is 11.8 Å². The van der Waals surface area contributed by atoms with Gasteiger partial charge in [-0.15, -0.1) is 0 Å². The molecule has 0 aliphatic carbocycles. The van der Waals surface area contributed by atoms with Crippen LogP contribution < -0.4 is 14.9 Å². The first-order valence-corrected chi connectivity index (χ1v) is 9.71. The van der Waals surface area contributed by atoms with E-state index in [2.05, 4.69) is 21.9 Å². The Bertz CT molecular complexity index is 961. The Kier molecular flexibility index (Phi) is 5.47. The average molecular weight is 390 g/mol. The number of carbonyl (C=O) groups excluding carboxylic acids is 1. The minimum Gasteiger partial charge on any atom is -0.336 e. The summed E-state index contributed by atoms with van der Waals surface area (Å²) in [5.41, 5.74) is 1.54. The van der Waals surface area contributed by atoms with E-state index in [0.717, 1.165) is 11.3 Å². The molecule has 1 fully saturated rings. The molecule has 0 bridgehead atoms. The fourth-order valence-corrected chi connectivity index (χ4v) is 3.47. The maximum absolute atomic E-state index is 12.1. The zero-order chi connectivity index (χ0) is 18.6. The van der Waals surface area contributed by atoms with Crippen LogP contribution in [0.25, 0.3) is 0 Å². The van der Waals surface area contributed by atoms with Gasteiger partial charge in [0.1, 0.15) is 0 Å². The molecule has 1 aliphatic heterocycles. The maximum atomic E-state index is 12.1. The summed E-state index contributed by atoms with van der Waals surface area (Å²) in [7, 11) is -3.62. The van der Waals surface area contributed by atoms with Crippen molar-refractivity contribution in [2.75, 3.05) is 24.5 Å². The summed E-state index contributed by atoms with van der Waals surface area (Å²) in [6.07, 6.45) is 0. The van der Waals surface area contributed by atoms with Crippen molar-refractivity contribution in [2.45, 2.75) is 4.90 Å². The van der Waals surface area contributed by atoms with E-state index in [1.807, 2.05) is 12.1 Å². The summed E-state index contributed by atoms with van der Waals surface area (Å²) >= 11 is 5.75. The number of urea groups is 1. The van der Waals surface area contributed by atoms with E-state index in [4.69, 9.17) is 11.6 Å². The molecular formula is C18H16ClN3O3S. The molecule has 2 aromatic rings. The second-order valence-electron chi connectivity index (χ2n) is 5.51. The Labute approximate surface area is 157 Å². The van der Waals surface area contributed by atoms with Crippen LogP contribution in [0.3, 0.4) is 0 Å². The molecular weight excluding hydrogens is 374 g/mol. The number of nitrogens with zero attached hydrogens (tertiary/aromatic N) is 1. The van der Waals surface area contributed by atoms with Crippen molar-refractivity contribution < 1.29 is 13.2 Å².